The number of hydrogen-bond donors (Lipinski definition) is 1. The molecule has 0 spiro atoms. The Bertz CT molecular complexity index is 1260. The molecule has 162 valence electrons. The number of benzene rings is 2. The first kappa shape index (κ1) is 21.1. The van der Waals surface area contributed by atoms with Crippen molar-refractivity contribution in [3.8, 4) is 5.75 Å². The maximum absolute atomic E-state index is 13.0. The van der Waals surface area contributed by atoms with Gasteiger partial charge < -0.3 is 9.26 Å². The van der Waals surface area contributed by atoms with E-state index in [0.29, 0.717) is 29.5 Å². The molecule has 0 saturated heterocycles. The van der Waals surface area contributed by atoms with Gasteiger partial charge in [0.05, 0.1) is 22.9 Å². The van der Waals surface area contributed by atoms with Crippen molar-refractivity contribution >= 4 is 38.9 Å². The summed E-state index contributed by atoms with van der Waals surface area (Å²) in [4.78, 5) is 17.9. The van der Waals surface area contributed by atoms with E-state index >= 15 is 0 Å². The van der Waals surface area contributed by atoms with Crippen LogP contribution < -0.4 is 14.4 Å². The molecule has 3 aromatic rings. The molecule has 0 aliphatic carbocycles. The van der Waals surface area contributed by atoms with Crippen molar-refractivity contribution in [2.24, 2.45) is 0 Å². The number of ether oxygens (including phenoxy) is 1. The fourth-order valence-electron chi connectivity index (χ4n) is 3.11. The van der Waals surface area contributed by atoms with E-state index in [9.17, 15) is 13.2 Å². The van der Waals surface area contributed by atoms with Crippen LogP contribution in [0.1, 0.15) is 24.2 Å². The second-order valence-electron chi connectivity index (χ2n) is 6.90. The lowest BCUT2D eigenvalue weighted by Crippen LogP contribution is -2.38. The predicted molar refractivity (Wildman–Crippen MR) is 114 cm³/mol. The number of anilines is 2. The lowest BCUT2D eigenvalue weighted by atomic mass is 10.2. The van der Waals surface area contributed by atoms with Gasteiger partial charge in [0.15, 0.2) is 12.4 Å². The van der Waals surface area contributed by atoms with E-state index in [2.05, 4.69) is 14.9 Å². The van der Waals surface area contributed by atoms with Gasteiger partial charge in [-0.15, -0.1) is 0 Å². The van der Waals surface area contributed by atoms with E-state index in [1.54, 1.807) is 25.1 Å². The number of nitrogens with zero attached hydrogens (tertiary/aromatic N) is 3. The van der Waals surface area contributed by atoms with Gasteiger partial charge >= 0.3 is 0 Å². The number of halogens is 1. The zero-order chi connectivity index (χ0) is 22.2. The van der Waals surface area contributed by atoms with Crippen LogP contribution in [0.15, 0.2) is 45.8 Å². The van der Waals surface area contributed by atoms with Crippen LogP contribution in [-0.2, 0) is 27.8 Å². The Balaban J connectivity index is 1.68. The first-order chi connectivity index (χ1) is 14.8. The number of sulfonamides is 1. The second-order valence-corrected chi connectivity index (χ2v) is 8.96. The fourth-order valence-corrected chi connectivity index (χ4v) is 4.78. The smallest absolute Gasteiger partial charge is 0.265 e. The van der Waals surface area contributed by atoms with Gasteiger partial charge in [-0.3, -0.25) is 14.4 Å². The molecule has 31 heavy (non-hydrogen) atoms. The highest BCUT2D eigenvalue weighted by Crippen LogP contribution is 2.39. The molecule has 1 amide bonds. The van der Waals surface area contributed by atoms with Gasteiger partial charge in [0.1, 0.15) is 10.6 Å². The summed E-state index contributed by atoms with van der Waals surface area (Å²) in [6.07, 6.45) is 0.571. The molecule has 0 atom stereocenters. The van der Waals surface area contributed by atoms with Crippen LogP contribution in [-0.4, -0.2) is 31.1 Å². The molecule has 1 N–H and O–H groups in total. The molecule has 4 rings (SSSR count). The Kier molecular flexibility index (Phi) is 5.59. The molecule has 11 heteroatoms. The Labute approximate surface area is 184 Å². The van der Waals surface area contributed by atoms with E-state index in [1.165, 1.54) is 17.0 Å². The van der Waals surface area contributed by atoms with Gasteiger partial charge in [0.25, 0.3) is 15.9 Å². The van der Waals surface area contributed by atoms with Crippen LogP contribution in [0.5, 0.6) is 5.75 Å². The van der Waals surface area contributed by atoms with E-state index in [-0.39, 0.29) is 34.7 Å². The summed E-state index contributed by atoms with van der Waals surface area (Å²) in [7, 11) is -4.00. The first-order valence-corrected chi connectivity index (χ1v) is 11.3. The number of carbonyl (C=O) groups excluding carboxylic acids is 1. The average Bonchev–Trinajstić information content (AvgIpc) is 3.19. The number of aryl methyl sites for hydroxylation is 2. The van der Waals surface area contributed by atoms with Gasteiger partial charge in [-0.25, -0.2) is 8.42 Å². The highest BCUT2D eigenvalue weighted by Gasteiger charge is 2.31. The third-order valence-corrected chi connectivity index (χ3v) is 6.58. The van der Waals surface area contributed by atoms with Crippen molar-refractivity contribution in [1.29, 1.82) is 0 Å². The Morgan fingerprint density at radius 2 is 2.03 bits per heavy atom. The molecular weight excluding hydrogens is 444 g/mol. The summed E-state index contributed by atoms with van der Waals surface area (Å²) < 4.78 is 39.1. The zero-order valence-electron chi connectivity index (χ0n) is 16.8. The van der Waals surface area contributed by atoms with E-state index in [4.69, 9.17) is 20.9 Å². The van der Waals surface area contributed by atoms with Gasteiger partial charge in [0.2, 0.25) is 5.89 Å². The second kappa shape index (κ2) is 8.20. The monoisotopic (exact) mass is 462 g/mol. The number of carbonyl (C=O) groups is 1. The number of fused-ring (bicyclic) bond motifs is 1. The third kappa shape index (κ3) is 4.21. The van der Waals surface area contributed by atoms with Crippen molar-refractivity contribution in [2.45, 2.75) is 31.7 Å². The van der Waals surface area contributed by atoms with Crippen LogP contribution in [0.2, 0.25) is 5.02 Å². The molecule has 2 heterocycles. The van der Waals surface area contributed by atoms with Crippen molar-refractivity contribution in [3.63, 3.8) is 0 Å². The minimum Gasteiger partial charge on any atom is -0.482 e. The molecule has 0 radical (unpaired) electrons. The Morgan fingerprint density at radius 3 is 2.74 bits per heavy atom. The summed E-state index contributed by atoms with van der Waals surface area (Å²) in [6, 6.07) is 9.69. The van der Waals surface area contributed by atoms with E-state index in [1.807, 2.05) is 13.0 Å². The van der Waals surface area contributed by atoms with Crippen molar-refractivity contribution in [3.05, 3.63) is 58.7 Å². The molecule has 1 aromatic heterocycles. The maximum atomic E-state index is 13.0. The maximum Gasteiger partial charge on any atom is 0.265 e. The van der Waals surface area contributed by atoms with E-state index in [0.717, 1.165) is 5.56 Å². The number of aromatic nitrogens is 2. The van der Waals surface area contributed by atoms with Gasteiger partial charge in [-0.05, 0) is 24.6 Å². The number of hydrogen-bond acceptors (Lipinski definition) is 7. The summed E-state index contributed by atoms with van der Waals surface area (Å²) in [5, 5.41) is 3.81. The molecule has 0 bridgehead atoms. The standard InChI is InChI=1S/C20H19ClN4O5S/c1-3-19-22-18(23-30-19)10-25-15-8-13(21)17(9-16(15)29-11-20(25)26)31(27,28)24-14-7-5-4-6-12(14)2/h4-9,24H,3,10-11H2,1-2H3. The zero-order valence-corrected chi connectivity index (χ0v) is 18.3. The minimum absolute atomic E-state index is 0.0442. The first-order valence-electron chi connectivity index (χ1n) is 9.45. The van der Waals surface area contributed by atoms with Crippen LogP contribution in [0.3, 0.4) is 0 Å². The minimum atomic E-state index is -4.00. The lowest BCUT2D eigenvalue weighted by Gasteiger charge is -2.29. The van der Waals surface area contributed by atoms with Crippen LogP contribution in [0.4, 0.5) is 11.4 Å². The van der Waals surface area contributed by atoms with Crippen LogP contribution in [0.25, 0.3) is 0 Å². The summed E-state index contributed by atoms with van der Waals surface area (Å²) >= 11 is 6.33. The van der Waals surface area contributed by atoms with Gasteiger partial charge in [-0.2, -0.15) is 4.98 Å². The van der Waals surface area contributed by atoms with Gasteiger partial charge in [-0.1, -0.05) is 41.9 Å². The lowest BCUT2D eigenvalue weighted by molar-refractivity contribution is -0.121. The molecule has 9 nitrogen and oxygen atoms in total. The Morgan fingerprint density at radius 1 is 1.26 bits per heavy atom. The largest absolute Gasteiger partial charge is 0.482 e. The summed E-state index contributed by atoms with van der Waals surface area (Å²) in [5.74, 6) is 0.665. The molecular formula is C20H19ClN4O5S. The molecule has 1 aliphatic heterocycles. The topological polar surface area (TPSA) is 115 Å². The molecule has 0 saturated carbocycles. The van der Waals surface area contributed by atoms with Crippen LogP contribution >= 0.6 is 11.6 Å². The number of nitrogens with one attached hydrogen (secondary N) is 1. The Hall–Kier alpha value is -3.11. The summed E-state index contributed by atoms with van der Waals surface area (Å²) in [5.41, 5.74) is 1.54. The van der Waals surface area contributed by atoms with Crippen molar-refractivity contribution in [2.75, 3.05) is 16.2 Å². The molecule has 0 fully saturated rings. The normalized spacial score (nSPS) is 13.6. The number of amides is 1. The predicted octanol–water partition coefficient (Wildman–Crippen LogP) is 3.32. The average molecular weight is 463 g/mol. The third-order valence-electron chi connectivity index (χ3n) is 4.75. The fraction of sp³-hybridized carbons (Fsp3) is 0.250. The van der Waals surface area contributed by atoms with E-state index < -0.39 is 10.0 Å². The van der Waals surface area contributed by atoms with Crippen LogP contribution in [0, 0.1) is 6.92 Å². The SMILES string of the molecule is CCc1nc(CN2C(=O)COc3cc(S(=O)(=O)Nc4ccccc4C)c(Cl)cc32)no1. The van der Waals surface area contributed by atoms with Gasteiger partial charge in [0, 0.05) is 12.5 Å². The van der Waals surface area contributed by atoms with Crippen molar-refractivity contribution in [1.82, 2.24) is 10.1 Å². The highest BCUT2D eigenvalue weighted by atomic mass is 35.5. The molecule has 0 unspecified atom stereocenters. The highest BCUT2D eigenvalue weighted by molar-refractivity contribution is 7.92. The number of rotatable bonds is 6. The number of para-hydroxylation sites is 1. The molecule has 2 aromatic carbocycles. The molecule has 1 aliphatic rings. The van der Waals surface area contributed by atoms with Crippen molar-refractivity contribution < 1.29 is 22.5 Å². The summed E-state index contributed by atoms with van der Waals surface area (Å²) in [6.45, 7) is 3.46. The quantitative estimate of drug-likeness (QED) is 0.597.